The fourth-order valence-electron chi connectivity index (χ4n) is 13.7. The molecule has 3 aliphatic rings. The average Bonchev–Trinajstić information content (AvgIpc) is 1.44. The third-order valence-electron chi connectivity index (χ3n) is 19.5. The second-order valence-electron chi connectivity index (χ2n) is 28.6. The van der Waals surface area contributed by atoms with Crippen molar-refractivity contribution in [3.05, 3.63) is 65.9 Å². The number of nitrogens with one attached hydrogen (secondary N) is 9. The lowest BCUT2D eigenvalue weighted by molar-refractivity contribution is -0.159. The van der Waals surface area contributed by atoms with Crippen molar-refractivity contribution < 1.29 is 97.1 Å². The van der Waals surface area contributed by atoms with Crippen molar-refractivity contribution in [1.29, 1.82) is 0 Å². The molecule has 3 saturated heterocycles. The van der Waals surface area contributed by atoms with E-state index in [1.54, 1.807) is 44.3 Å². The van der Waals surface area contributed by atoms with E-state index in [0.717, 1.165) is 4.90 Å². The van der Waals surface area contributed by atoms with Crippen LogP contribution in [0.4, 0.5) is 0 Å². The standard InChI is InChI=1S/C73H107N19O20/c1-39(2)34-50(86-61(101)44(76)23-26-58(95)96)63(103)87-51(35-40-19-21-42(93)22-20-40)64(104)82-46(24-27-59(97)98)62(102)88-53(37-57(77)94)66(106)83-47(14-5-7-29-74)70(110)91-33-11-18-56(91)72(112)92-55(16-9-31-80-73(78)79)68(108)85-48(15-6-8-30-75)69(109)90-32-10-17-54(90)67(107)89-52(36-41-38-81-45-13-4-3-12-43(41)45)65(105)84-49(71(92)111)25-28-60(99)100/h3-4,12-13,19-22,38-39,44,46-56,81,93H,5-11,14-18,23-37,74-76H2,1-2H3,(H2,77,94)(H,82,104)(H,83,106)(H,84,105)(H,85,108)(H,86,101)(H,87,103)(H,88,102)(H,89,107)(H,95,96)(H,97,98)(H,99,100)(H4,78,79,80)/t44-,46-,47-,48-,49-,50-,51-,52-,53-,54-,55+,56-/m0/s1. The highest BCUT2D eigenvalue weighted by Gasteiger charge is 2.49. The molecule has 0 unspecified atom stereocenters. The van der Waals surface area contributed by atoms with Crippen LogP contribution in [0, 0.1) is 5.92 Å². The highest BCUT2D eigenvalue weighted by molar-refractivity contribution is 6.08. The third kappa shape index (κ3) is 27.0. The van der Waals surface area contributed by atoms with Gasteiger partial charge in [0.2, 0.25) is 65.0 Å². The molecule has 4 heterocycles. The number of rotatable bonds is 41. The molecule has 0 bridgehead atoms. The molecule has 6 rings (SSSR count). The number of aliphatic carboxylic acids is 3. The van der Waals surface area contributed by atoms with Gasteiger partial charge >= 0.3 is 17.9 Å². The first-order chi connectivity index (χ1) is 53.2. The summed E-state index contributed by atoms with van der Waals surface area (Å²) in [6.07, 6.45) is -3.73. The second-order valence-corrected chi connectivity index (χ2v) is 28.6. The summed E-state index contributed by atoms with van der Waals surface area (Å²) in [6, 6.07) is -7.52. The monoisotopic (exact) mass is 1570 g/mol. The number of hydrogen-bond acceptors (Lipinski definition) is 21. The van der Waals surface area contributed by atoms with E-state index in [0.29, 0.717) is 39.8 Å². The topological polar surface area (TPSA) is 644 Å². The van der Waals surface area contributed by atoms with Gasteiger partial charge in [-0.15, -0.1) is 0 Å². The van der Waals surface area contributed by atoms with Crippen LogP contribution >= 0.6 is 0 Å². The zero-order valence-corrected chi connectivity index (χ0v) is 62.9. The summed E-state index contributed by atoms with van der Waals surface area (Å²) < 4.78 is 0. The number of phenols is 1. The zero-order chi connectivity index (χ0) is 82.5. The van der Waals surface area contributed by atoms with Crippen molar-refractivity contribution in [1.82, 2.24) is 62.2 Å². The van der Waals surface area contributed by atoms with Crippen molar-refractivity contribution in [2.75, 3.05) is 32.7 Å². The Balaban J connectivity index is 1.39. The highest BCUT2D eigenvalue weighted by atomic mass is 16.4. The van der Waals surface area contributed by atoms with Crippen LogP contribution in [-0.4, -0.2) is 246 Å². The summed E-state index contributed by atoms with van der Waals surface area (Å²) >= 11 is 0. The maximum Gasteiger partial charge on any atom is 0.303 e. The third-order valence-corrected chi connectivity index (χ3v) is 19.5. The number of benzene rings is 2. The minimum Gasteiger partial charge on any atom is -0.508 e. The first-order valence-corrected chi connectivity index (χ1v) is 37.6. The van der Waals surface area contributed by atoms with E-state index in [4.69, 9.17) is 34.4 Å². The fourth-order valence-corrected chi connectivity index (χ4v) is 13.7. The molecule has 0 spiro atoms. The van der Waals surface area contributed by atoms with E-state index in [1.807, 2.05) is 0 Å². The van der Waals surface area contributed by atoms with Gasteiger partial charge in [-0.25, -0.2) is 0 Å². The molecule has 39 heteroatoms. The Morgan fingerprint density at radius 1 is 0.589 bits per heavy atom. The van der Waals surface area contributed by atoms with Gasteiger partial charge in [-0.3, -0.25) is 86.6 Å². The van der Waals surface area contributed by atoms with Crippen LogP contribution in [0.1, 0.15) is 153 Å². The summed E-state index contributed by atoms with van der Waals surface area (Å²) in [5.41, 5.74) is 36.3. The van der Waals surface area contributed by atoms with Gasteiger partial charge in [0.15, 0.2) is 5.96 Å². The van der Waals surface area contributed by atoms with Crippen LogP contribution in [0.5, 0.6) is 5.75 Å². The van der Waals surface area contributed by atoms with Gasteiger partial charge in [0, 0.05) is 68.8 Å². The predicted octanol–water partition coefficient (Wildman–Crippen LogP) is -3.59. The molecule has 0 saturated carbocycles. The molecular weight excluding hydrogens is 1460 g/mol. The Hall–Kier alpha value is -11.4. The van der Waals surface area contributed by atoms with Gasteiger partial charge in [0.1, 0.15) is 72.2 Å². The number of fused-ring (bicyclic) bond motifs is 2. The highest BCUT2D eigenvalue weighted by Crippen LogP contribution is 2.28. The molecular formula is C73H107N19O20. The number of carboxylic acids is 3. The molecule has 1 aromatic heterocycles. The smallest absolute Gasteiger partial charge is 0.303 e. The van der Waals surface area contributed by atoms with Crippen LogP contribution in [0.2, 0.25) is 0 Å². The van der Waals surface area contributed by atoms with Crippen molar-refractivity contribution in [2.24, 2.45) is 45.3 Å². The fraction of sp³-hybridized carbons (Fsp3) is 0.575. The van der Waals surface area contributed by atoms with E-state index in [-0.39, 0.29) is 134 Å². The minimum atomic E-state index is -2.03. The number of aliphatic imine (C=N–C) groups is 1. The number of carbonyl (C=O) groups is 16. The summed E-state index contributed by atoms with van der Waals surface area (Å²) in [4.78, 5) is 238. The molecule has 39 nitrogen and oxygen atoms in total. The summed E-state index contributed by atoms with van der Waals surface area (Å²) in [5.74, 6) is -19.0. The van der Waals surface area contributed by atoms with Crippen LogP contribution in [0.15, 0.2) is 59.7 Å². The van der Waals surface area contributed by atoms with Crippen molar-refractivity contribution in [3.63, 3.8) is 0 Å². The number of amides is 13. The second kappa shape index (κ2) is 43.9. The number of nitrogens with zero attached hydrogens (tertiary/aromatic N) is 4. The SMILES string of the molecule is CC(C)C[C@H](NC(=O)[C@@H](N)CCC(=O)O)C(=O)N[C@@H](Cc1ccc(O)cc1)C(=O)N[C@@H](CCC(=O)O)C(=O)N[C@@H](CC(N)=O)C(=O)N[C@@H](CCCCN)C(=O)N1CCC[C@H]1C(=O)N1C(=O)[C@H](CCC(=O)O)NC(=O)[C@H](Cc2c[nH]c3ccccc23)NC(=O)[C@@H]2CCCN2C(=O)[C@H](CCCCN)NC(=O)[C@H]1CCCN=C(N)N. The number of aromatic amines is 1. The van der Waals surface area contributed by atoms with Crippen molar-refractivity contribution >= 4 is 112 Å². The van der Waals surface area contributed by atoms with Gasteiger partial charge in [-0.2, -0.15) is 0 Å². The number of carbonyl (C=O) groups excluding carboxylic acids is 13. The first-order valence-electron chi connectivity index (χ1n) is 37.6. The molecule has 0 radical (unpaired) electrons. The number of imide groups is 1. The number of unbranched alkanes of at least 4 members (excludes halogenated alkanes) is 2. The number of primary amides is 1. The number of aromatic nitrogens is 1. The first kappa shape index (κ1) is 89.5. The minimum absolute atomic E-state index is 0.0153. The van der Waals surface area contributed by atoms with E-state index >= 15 is 28.8 Å². The predicted molar refractivity (Wildman–Crippen MR) is 402 cm³/mol. The van der Waals surface area contributed by atoms with Gasteiger partial charge in [-0.05, 0) is 151 Å². The molecule has 25 N–H and O–H groups in total. The van der Waals surface area contributed by atoms with Gasteiger partial charge in [-0.1, -0.05) is 44.2 Å². The maximum atomic E-state index is 16.1. The largest absolute Gasteiger partial charge is 0.508 e. The Labute approximate surface area is 645 Å². The van der Waals surface area contributed by atoms with E-state index in [2.05, 4.69) is 52.5 Å². The van der Waals surface area contributed by atoms with Crippen LogP contribution < -0.4 is 76.9 Å². The van der Waals surface area contributed by atoms with Crippen LogP contribution in [-0.2, 0) is 89.6 Å². The summed E-state index contributed by atoms with van der Waals surface area (Å²) in [5, 5.41) is 60.4. The number of phenolic OH excluding ortho intramolecular Hbond substituents is 1. The average molecular weight is 1570 g/mol. The molecule has 13 amide bonds. The number of H-pyrrole nitrogens is 1. The number of para-hydroxylation sites is 1. The van der Waals surface area contributed by atoms with Crippen LogP contribution in [0.25, 0.3) is 10.9 Å². The lowest BCUT2D eigenvalue weighted by Crippen LogP contribution is -2.64. The van der Waals surface area contributed by atoms with Gasteiger partial charge < -0.3 is 112 Å². The van der Waals surface area contributed by atoms with E-state index in [9.17, 15) is 68.4 Å². The Kier molecular flexibility index (Phi) is 35.1. The van der Waals surface area contributed by atoms with Crippen LogP contribution in [0.3, 0.4) is 0 Å². The maximum absolute atomic E-state index is 16.1. The molecule has 3 aliphatic heterocycles. The number of hydrogen-bond donors (Lipinski definition) is 19. The zero-order valence-electron chi connectivity index (χ0n) is 62.9. The Morgan fingerprint density at radius 3 is 1.83 bits per heavy atom. The molecule has 614 valence electrons. The Bertz CT molecular complexity index is 3890. The summed E-state index contributed by atoms with van der Waals surface area (Å²) in [6.45, 7) is 3.20. The lowest BCUT2D eigenvalue weighted by atomic mass is 10.00. The number of guanidine groups is 1. The molecule has 3 aromatic rings. The molecule has 2 aromatic carbocycles. The molecule has 112 heavy (non-hydrogen) atoms. The quantitative estimate of drug-likeness (QED) is 0.0113. The number of likely N-dealkylation sites (tertiary alicyclic amines) is 1. The molecule has 0 aliphatic carbocycles. The number of carboxylic acid groups (broad SMARTS) is 3. The normalized spacial score (nSPS) is 19.9. The van der Waals surface area contributed by atoms with Gasteiger partial charge in [0.25, 0.3) is 11.8 Å². The lowest BCUT2D eigenvalue weighted by Gasteiger charge is -2.37. The van der Waals surface area contributed by atoms with Gasteiger partial charge in [0.05, 0.1) is 12.5 Å². The molecule has 12 atom stereocenters. The molecule has 3 fully saturated rings. The van der Waals surface area contributed by atoms with Crippen molar-refractivity contribution in [2.45, 2.75) is 228 Å². The number of aromatic hydroxyl groups is 1. The van der Waals surface area contributed by atoms with Crippen molar-refractivity contribution in [3.8, 4) is 5.75 Å². The summed E-state index contributed by atoms with van der Waals surface area (Å²) in [7, 11) is 0. The Morgan fingerprint density at radius 2 is 1.17 bits per heavy atom. The van der Waals surface area contributed by atoms with E-state index < -0.39 is 212 Å². The number of nitrogens with two attached hydrogens (primary N) is 6. The van der Waals surface area contributed by atoms with E-state index in [1.165, 1.54) is 29.2 Å².